The number of aromatic nitrogens is 2. The molecule has 1 N–H and O–H groups in total. The van der Waals surface area contributed by atoms with Crippen molar-refractivity contribution >= 4 is 17.3 Å². The largest absolute Gasteiger partial charge is 0.416 e. The number of nitrogens with one attached hydrogen (secondary N) is 1. The van der Waals surface area contributed by atoms with E-state index in [9.17, 15) is 4.79 Å². The van der Waals surface area contributed by atoms with Gasteiger partial charge in [0.15, 0.2) is 0 Å². The molecule has 1 aliphatic heterocycles. The molecule has 3 aromatic carbocycles. The van der Waals surface area contributed by atoms with Crippen molar-refractivity contribution in [2.24, 2.45) is 0 Å². The molecule has 7 heteroatoms. The Hall–Kier alpha value is -3.97. The van der Waals surface area contributed by atoms with E-state index in [4.69, 9.17) is 4.42 Å². The summed E-state index contributed by atoms with van der Waals surface area (Å²) in [6, 6.07) is 23.2. The van der Waals surface area contributed by atoms with Gasteiger partial charge in [-0.15, -0.1) is 10.2 Å². The van der Waals surface area contributed by atoms with Gasteiger partial charge in [0, 0.05) is 54.2 Å². The predicted octanol–water partition coefficient (Wildman–Crippen LogP) is 5.11. The number of benzene rings is 3. The van der Waals surface area contributed by atoms with Crippen LogP contribution in [0.1, 0.15) is 22.8 Å². The molecule has 1 aromatic heterocycles. The average Bonchev–Trinajstić information content (AvgIpc) is 3.40. The lowest BCUT2D eigenvalue weighted by Gasteiger charge is -2.35. The summed E-state index contributed by atoms with van der Waals surface area (Å²) in [6.07, 6.45) is 0. The summed E-state index contributed by atoms with van der Waals surface area (Å²) in [6.45, 7) is 9.56. The van der Waals surface area contributed by atoms with Gasteiger partial charge in [0.05, 0.1) is 0 Å². The molecule has 178 valence electrons. The topological polar surface area (TPSA) is 74.5 Å². The molecule has 0 aliphatic carbocycles. The first-order valence-electron chi connectivity index (χ1n) is 12.0. The summed E-state index contributed by atoms with van der Waals surface area (Å²) < 4.78 is 5.84. The molecule has 35 heavy (non-hydrogen) atoms. The number of carbonyl (C=O) groups excluding carboxylic acids is 1. The molecule has 5 rings (SSSR count). The third kappa shape index (κ3) is 5.25. The lowest BCUT2D eigenvalue weighted by atomic mass is 10.1. The molecule has 1 saturated heterocycles. The van der Waals surface area contributed by atoms with Crippen LogP contribution >= 0.6 is 0 Å². The van der Waals surface area contributed by atoms with Gasteiger partial charge < -0.3 is 19.5 Å². The summed E-state index contributed by atoms with van der Waals surface area (Å²) >= 11 is 0. The van der Waals surface area contributed by atoms with E-state index in [0.29, 0.717) is 17.3 Å². The monoisotopic (exact) mass is 467 g/mol. The van der Waals surface area contributed by atoms with Crippen molar-refractivity contribution in [3.8, 4) is 22.9 Å². The molecule has 1 amide bonds. The summed E-state index contributed by atoms with van der Waals surface area (Å²) in [5.74, 6) is 0.729. The lowest BCUT2D eigenvalue weighted by molar-refractivity contribution is 0.102. The fourth-order valence-electron chi connectivity index (χ4n) is 4.20. The molecule has 1 fully saturated rings. The fourth-order valence-corrected chi connectivity index (χ4v) is 4.20. The maximum Gasteiger partial charge on any atom is 0.255 e. The van der Waals surface area contributed by atoms with Crippen LogP contribution in [0.2, 0.25) is 0 Å². The Kier molecular flexibility index (Phi) is 6.59. The van der Waals surface area contributed by atoms with Gasteiger partial charge in [-0.25, -0.2) is 0 Å². The molecule has 2 heterocycles. The number of aryl methyl sites for hydroxylation is 1. The summed E-state index contributed by atoms with van der Waals surface area (Å²) in [5.41, 5.74) is 5.33. The maximum absolute atomic E-state index is 12.8. The van der Waals surface area contributed by atoms with Gasteiger partial charge in [-0.3, -0.25) is 4.79 Å². The number of likely N-dealkylation sites (N-methyl/N-ethyl adjacent to an activating group) is 1. The van der Waals surface area contributed by atoms with E-state index in [2.05, 4.69) is 44.4 Å². The van der Waals surface area contributed by atoms with E-state index in [1.165, 1.54) is 11.3 Å². The van der Waals surface area contributed by atoms with Crippen molar-refractivity contribution < 1.29 is 9.21 Å². The minimum Gasteiger partial charge on any atom is -0.416 e. The van der Waals surface area contributed by atoms with Crippen molar-refractivity contribution in [1.29, 1.82) is 0 Å². The summed E-state index contributed by atoms with van der Waals surface area (Å²) in [5, 5.41) is 11.3. The number of hydrogen-bond acceptors (Lipinski definition) is 6. The molecular weight excluding hydrogens is 438 g/mol. The first-order valence-corrected chi connectivity index (χ1v) is 12.0. The Morgan fingerprint density at radius 2 is 1.40 bits per heavy atom. The van der Waals surface area contributed by atoms with Crippen LogP contribution in [0, 0.1) is 6.92 Å². The molecule has 4 aromatic rings. The highest BCUT2D eigenvalue weighted by Crippen LogP contribution is 2.25. The highest BCUT2D eigenvalue weighted by atomic mass is 16.4. The average molecular weight is 468 g/mol. The zero-order valence-electron chi connectivity index (χ0n) is 20.1. The smallest absolute Gasteiger partial charge is 0.255 e. The van der Waals surface area contributed by atoms with Crippen LogP contribution in [0.3, 0.4) is 0 Å². The van der Waals surface area contributed by atoms with Crippen LogP contribution < -0.4 is 10.2 Å². The van der Waals surface area contributed by atoms with Crippen LogP contribution in [0.15, 0.2) is 77.2 Å². The second kappa shape index (κ2) is 10.1. The molecule has 0 atom stereocenters. The van der Waals surface area contributed by atoms with Gasteiger partial charge >= 0.3 is 0 Å². The quantitative estimate of drug-likeness (QED) is 0.425. The molecule has 0 spiro atoms. The van der Waals surface area contributed by atoms with Gasteiger partial charge in [0.25, 0.3) is 5.91 Å². The SMILES string of the molecule is CCN1CCN(c2ccc(NC(=O)c3ccc(-c4nnc(-c5ccc(C)cc5)o4)cc3)cc2)CC1. The number of nitrogens with zero attached hydrogens (tertiary/aromatic N) is 4. The fraction of sp³-hybridized carbons (Fsp3) is 0.250. The highest BCUT2D eigenvalue weighted by molar-refractivity contribution is 6.04. The van der Waals surface area contributed by atoms with Crippen molar-refractivity contribution in [3.05, 3.63) is 83.9 Å². The molecular formula is C28H29N5O2. The van der Waals surface area contributed by atoms with Gasteiger partial charge in [-0.05, 0) is 74.1 Å². The molecule has 0 saturated carbocycles. The number of carbonyl (C=O) groups is 1. The second-order valence-corrected chi connectivity index (χ2v) is 8.78. The molecule has 0 unspecified atom stereocenters. The van der Waals surface area contributed by atoms with E-state index in [0.717, 1.165) is 49.5 Å². The van der Waals surface area contributed by atoms with Gasteiger partial charge in [-0.1, -0.05) is 24.6 Å². The van der Waals surface area contributed by atoms with Crippen molar-refractivity contribution in [2.45, 2.75) is 13.8 Å². The van der Waals surface area contributed by atoms with Crippen LogP contribution in [0.4, 0.5) is 11.4 Å². The van der Waals surface area contributed by atoms with E-state index in [-0.39, 0.29) is 5.91 Å². The Morgan fingerprint density at radius 3 is 1.97 bits per heavy atom. The lowest BCUT2D eigenvalue weighted by Crippen LogP contribution is -2.46. The standard InChI is InChI=1S/C28H29N5O2/c1-3-32-16-18-33(19-17-32)25-14-12-24(13-15-25)29-26(34)21-8-10-23(11-9-21)28-31-30-27(35-28)22-6-4-20(2)5-7-22/h4-15H,3,16-19H2,1-2H3,(H,29,34). The minimum absolute atomic E-state index is 0.160. The van der Waals surface area contributed by atoms with Gasteiger partial charge in [-0.2, -0.15) is 0 Å². The third-order valence-electron chi connectivity index (χ3n) is 6.43. The predicted molar refractivity (Wildman–Crippen MR) is 139 cm³/mol. The zero-order chi connectivity index (χ0) is 24.2. The summed E-state index contributed by atoms with van der Waals surface area (Å²) in [4.78, 5) is 17.6. The van der Waals surface area contributed by atoms with Crippen LogP contribution in [0.5, 0.6) is 0 Å². The van der Waals surface area contributed by atoms with Crippen LogP contribution in [-0.2, 0) is 0 Å². The van der Waals surface area contributed by atoms with Crippen LogP contribution in [0.25, 0.3) is 22.9 Å². The van der Waals surface area contributed by atoms with E-state index in [1.54, 1.807) is 12.1 Å². The molecule has 1 aliphatic rings. The van der Waals surface area contributed by atoms with E-state index < -0.39 is 0 Å². The van der Waals surface area contributed by atoms with Crippen molar-refractivity contribution in [1.82, 2.24) is 15.1 Å². The number of piperazine rings is 1. The number of anilines is 2. The van der Waals surface area contributed by atoms with Crippen molar-refractivity contribution in [3.63, 3.8) is 0 Å². The Morgan fingerprint density at radius 1 is 0.829 bits per heavy atom. The van der Waals surface area contributed by atoms with E-state index in [1.807, 2.05) is 55.5 Å². The number of amides is 1. The first kappa shape index (κ1) is 22.8. The minimum atomic E-state index is -0.160. The highest BCUT2D eigenvalue weighted by Gasteiger charge is 2.16. The van der Waals surface area contributed by atoms with Crippen molar-refractivity contribution in [2.75, 3.05) is 42.9 Å². The molecule has 0 bridgehead atoms. The number of rotatable bonds is 6. The summed E-state index contributed by atoms with van der Waals surface area (Å²) in [7, 11) is 0. The second-order valence-electron chi connectivity index (χ2n) is 8.78. The van der Waals surface area contributed by atoms with E-state index >= 15 is 0 Å². The van der Waals surface area contributed by atoms with Crippen LogP contribution in [-0.4, -0.2) is 53.7 Å². The Bertz CT molecular complexity index is 1270. The first-order chi connectivity index (χ1) is 17.1. The normalized spacial score (nSPS) is 14.2. The molecule has 0 radical (unpaired) electrons. The zero-order valence-corrected chi connectivity index (χ0v) is 20.1. The Balaban J connectivity index is 1.21. The Labute approximate surface area is 205 Å². The third-order valence-corrected chi connectivity index (χ3v) is 6.43. The maximum atomic E-state index is 12.8. The molecule has 7 nitrogen and oxygen atoms in total. The van der Waals surface area contributed by atoms with Gasteiger partial charge in [0.2, 0.25) is 11.8 Å². The van der Waals surface area contributed by atoms with Gasteiger partial charge in [0.1, 0.15) is 0 Å². The number of hydrogen-bond donors (Lipinski definition) is 1.